The van der Waals surface area contributed by atoms with Gasteiger partial charge in [-0.05, 0) is 38.2 Å². The van der Waals surface area contributed by atoms with Crippen molar-refractivity contribution in [2.45, 2.75) is 24.9 Å². The number of aryl methyl sites for hydroxylation is 1. The number of amides is 2. The number of carbonyl (C=O) groups is 3. The van der Waals surface area contributed by atoms with Gasteiger partial charge >= 0.3 is 12.1 Å². The summed E-state index contributed by atoms with van der Waals surface area (Å²) in [6.45, 7) is 0.168. The minimum Gasteiger partial charge on any atom is -0.481 e. The lowest BCUT2D eigenvalue weighted by Gasteiger charge is -2.19. The lowest BCUT2D eigenvalue weighted by atomic mass is 9.98. The van der Waals surface area contributed by atoms with Crippen LogP contribution in [-0.2, 0) is 27.9 Å². The number of hydrogen-bond donors (Lipinski definition) is 3. The quantitative estimate of drug-likeness (QED) is 0.414. The number of carboxylic acid groups (broad SMARTS) is 1. The molecule has 1 aromatic heterocycles. The summed E-state index contributed by atoms with van der Waals surface area (Å²) < 4.78 is 7.73. The van der Waals surface area contributed by atoms with E-state index in [1.165, 1.54) is 0 Å². The zero-order valence-corrected chi connectivity index (χ0v) is 19.9. The summed E-state index contributed by atoms with van der Waals surface area (Å²) in [4.78, 5) is 36.4. The first-order valence-electron chi connectivity index (χ1n) is 10.6. The molecule has 1 aliphatic carbocycles. The van der Waals surface area contributed by atoms with Crippen LogP contribution in [-0.4, -0.2) is 45.5 Å². The second kappa shape index (κ2) is 10.1. The van der Waals surface area contributed by atoms with E-state index >= 15 is 0 Å². The fraction of sp³-hybridized carbons (Fsp3) is 0.250. The number of ether oxygens (including phenoxy) is 1. The summed E-state index contributed by atoms with van der Waals surface area (Å²) in [6, 6.07) is 14.6. The van der Waals surface area contributed by atoms with E-state index in [2.05, 4.69) is 31.7 Å². The number of hydrogen-bond acceptors (Lipinski definition) is 5. The number of carboxylic acids is 1. The third-order valence-electron chi connectivity index (χ3n) is 5.77. The van der Waals surface area contributed by atoms with Crippen LogP contribution in [0.5, 0.6) is 0 Å². The van der Waals surface area contributed by atoms with Gasteiger partial charge in [0.15, 0.2) is 0 Å². The highest BCUT2D eigenvalue weighted by atomic mass is 79.9. The van der Waals surface area contributed by atoms with E-state index in [0.29, 0.717) is 10.2 Å². The molecule has 1 heterocycles. The number of nitrogens with one attached hydrogen (secondary N) is 2. The summed E-state index contributed by atoms with van der Waals surface area (Å²) in [7, 11) is 1.72. The largest absolute Gasteiger partial charge is 0.481 e. The first-order chi connectivity index (χ1) is 16.3. The van der Waals surface area contributed by atoms with Crippen LogP contribution in [0.2, 0.25) is 0 Å². The van der Waals surface area contributed by atoms with Gasteiger partial charge < -0.3 is 20.5 Å². The van der Waals surface area contributed by atoms with Gasteiger partial charge in [-0.1, -0.05) is 48.5 Å². The van der Waals surface area contributed by atoms with Gasteiger partial charge in [-0.2, -0.15) is 5.10 Å². The van der Waals surface area contributed by atoms with Crippen molar-refractivity contribution in [2.75, 3.05) is 6.61 Å². The second-order valence-corrected chi connectivity index (χ2v) is 8.76. The molecule has 0 radical (unpaired) electrons. The highest BCUT2D eigenvalue weighted by Crippen LogP contribution is 2.44. The number of carbonyl (C=O) groups excluding carboxylic acids is 2. The maximum Gasteiger partial charge on any atom is 0.407 e. The minimum atomic E-state index is -1.29. The van der Waals surface area contributed by atoms with Crippen LogP contribution in [0.4, 0.5) is 4.79 Å². The molecule has 1 atom stereocenters. The second-order valence-electron chi connectivity index (χ2n) is 7.90. The van der Waals surface area contributed by atoms with Crippen LogP contribution in [0.15, 0.2) is 59.2 Å². The van der Waals surface area contributed by atoms with Crippen molar-refractivity contribution in [1.82, 2.24) is 20.4 Å². The van der Waals surface area contributed by atoms with Crippen molar-refractivity contribution < 1.29 is 24.2 Å². The number of alkyl carbamates (subject to hydrolysis) is 1. The number of benzene rings is 2. The average molecular weight is 527 g/mol. The fourth-order valence-electron chi connectivity index (χ4n) is 4.10. The van der Waals surface area contributed by atoms with Gasteiger partial charge in [0.2, 0.25) is 5.91 Å². The summed E-state index contributed by atoms with van der Waals surface area (Å²) >= 11 is 3.34. The highest BCUT2D eigenvalue weighted by Gasteiger charge is 2.30. The smallest absolute Gasteiger partial charge is 0.407 e. The summed E-state index contributed by atoms with van der Waals surface area (Å²) in [5, 5.41) is 18.3. The average Bonchev–Trinajstić information content (AvgIpc) is 3.31. The Labute approximate surface area is 204 Å². The van der Waals surface area contributed by atoms with E-state index in [0.717, 1.165) is 22.3 Å². The minimum absolute atomic E-state index is 0.0588. The van der Waals surface area contributed by atoms with Crippen molar-refractivity contribution in [3.8, 4) is 11.1 Å². The first-order valence-corrected chi connectivity index (χ1v) is 11.4. The molecular formula is C24H23BrN4O5. The van der Waals surface area contributed by atoms with Gasteiger partial charge in [0.1, 0.15) is 12.6 Å². The van der Waals surface area contributed by atoms with Gasteiger partial charge in [0.05, 0.1) is 29.3 Å². The molecule has 3 aromatic rings. The number of rotatable bonds is 8. The SMILES string of the molecule is Cn1ncc(Br)c1CNC(=O)C(CC(=O)O)NC(=O)OCC1c2ccccc2-c2ccccc21. The standard InChI is InChI=1S/C24H23BrN4O5/c1-29-21(19(25)11-27-29)12-26-23(32)20(10-22(30)31)28-24(33)34-13-18-16-8-4-2-6-14(16)15-7-3-5-9-17(15)18/h2-9,11,18,20H,10,12-13H2,1H3,(H,26,32)(H,28,33)(H,30,31). The molecule has 10 heteroatoms. The molecule has 2 aromatic carbocycles. The number of aromatic nitrogens is 2. The normalized spacial score (nSPS) is 13.0. The molecule has 176 valence electrons. The summed E-state index contributed by atoms with van der Waals surface area (Å²) in [5.41, 5.74) is 4.99. The van der Waals surface area contributed by atoms with Gasteiger partial charge in [0.25, 0.3) is 0 Å². The van der Waals surface area contributed by atoms with E-state index in [-0.39, 0.29) is 19.1 Å². The molecule has 0 saturated heterocycles. The molecule has 34 heavy (non-hydrogen) atoms. The Balaban J connectivity index is 1.40. The molecule has 2 amide bonds. The first kappa shape index (κ1) is 23.5. The van der Waals surface area contributed by atoms with E-state index in [1.807, 2.05) is 48.5 Å². The third kappa shape index (κ3) is 4.96. The van der Waals surface area contributed by atoms with Crippen molar-refractivity contribution in [3.63, 3.8) is 0 Å². The fourth-order valence-corrected chi connectivity index (χ4v) is 4.58. The maximum absolute atomic E-state index is 12.6. The molecule has 9 nitrogen and oxygen atoms in total. The van der Waals surface area contributed by atoms with Crippen LogP contribution < -0.4 is 10.6 Å². The predicted molar refractivity (Wildman–Crippen MR) is 127 cm³/mol. The summed E-state index contributed by atoms with van der Waals surface area (Å²) in [6.07, 6.45) is 0.151. The van der Waals surface area contributed by atoms with E-state index in [9.17, 15) is 19.5 Å². The zero-order chi connectivity index (χ0) is 24.2. The molecule has 4 rings (SSSR count). The molecule has 0 aliphatic heterocycles. The molecule has 1 aliphatic rings. The van der Waals surface area contributed by atoms with Crippen molar-refractivity contribution in [1.29, 1.82) is 0 Å². The maximum atomic E-state index is 12.6. The van der Waals surface area contributed by atoms with Crippen LogP contribution >= 0.6 is 15.9 Å². The lowest BCUT2D eigenvalue weighted by Crippen LogP contribution is -2.48. The van der Waals surface area contributed by atoms with Crippen LogP contribution in [0.3, 0.4) is 0 Å². The van der Waals surface area contributed by atoms with Crippen molar-refractivity contribution in [3.05, 3.63) is 76.0 Å². The lowest BCUT2D eigenvalue weighted by molar-refractivity contribution is -0.139. The Kier molecular flexibility index (Phi) is 6.97. The number of halogens is 1. The molecule has 0 fully saturated rings. The Morgan fingerprint density at radius 2 is 1.74 bits per heavy atom. The van der Waals surface area contributed by atoms with Gasteiger partial charge in [-0.3, -0.25) is 14.3 Å². The number of fused-ring (bicyclic) bond motifs is 3. The summed E-state index contributed by atoms with van der Waals surface area (Å²) in [5.74, 6) is -2.00. The van der Waals surface area contributed by atoms with Gasteiger partial charge in [-0.25, -0.2) is 4.79 Å². The van der Waals surface area contributed by atoms with E-state index in [1.54, 1.807) is 17.9 Å². The van der Waals surface area contributed by atoms with Crippen molar-refractivity contribution >= 4 is 33.9 Å². The zero-order valence-electron chi connectivity index (χ0n) is 18.3. The van der Waals surface area contributed by atoms with Gasteiger partial charge in [0, 0.05) is 13.0 Å². The molecule has 0 spiro atoms. The number of aliphatic carboxylic acids is 1. The van der Waals surface area contributed by atoms with Crippen LogP contribution in [0.1, 0.15) is 29.2 Å². The van der Waals surface area contributed by atoms with E-state index < -0.39 is 30.4 Å². The molecular weight excluding hydrogens is 504 g/mol. The monoisotopic (exact) mass is 526 g/mol. The predicted octanol–water partition coefficient (Wildman–Crippen LogP) is 3.18. The molecule has 1 unspecified atom stereocenters. The van der Waals surface area contributed by atoms with Gasteiger partial charge in [-0.15, -0.1) is 0 Å². The molecule has 3 N–H and O–H groups in total. The Hall–Kier alpha value is -3.66. The molecule has 0 saturated carbocycles. The Morgan fingerprint density at radius 1 is 1.12 bits per heavy atom. The Morgan fingerprint density at radius 3 is 2.29 bits per heavy atom. The van der Waals surface area contributed by atoms with Crippen molar-refractivity contribution in [2.24, 2.45) is 7.05 Å². The molecule has 0 bridgehead atoms. The van der Waals surface area contributed by atoms with Crippen LogP contribution in [0, 0.1) is 0 Å². The Bertz CT molecular complexity index is 1180. The third-order valence-corrected chi connectivity index (χ3v) is 6.43. The van der Waals surface area contributed by atoms with E-state index in [4.69, 9.17) is 4.74 Å². The van der Waals surface area contributed by atoms with Crippen LogP contribution in [0.25, 0.3) is 11.1 Å². The topological polar surface area (TPSA) is 123 Å². The highest BCUT2D eigenvalue weighted by molar-refractivity contribution is 9.10. The number of nitrogens with zero attached hydrogens (tertiary/aromatic N) is 2.